The Morgan fingerprint density at radius 1 is 1.11 bits per heavy atom. The number of fused-ring (bicyclic) bond motifs is 2. The minimum atomic E-state index is -0.188. The maximum Gasteiger partial charge on any atom is 0.251 e. The number of anilines is 2. The molecule has 2 aromatic heterocycles. The summed E-state index contributed by atoms with van der Waals surface area (Å²) in [4.78, 5) is 29.3. The number of aliphatic imine (C=N–C) groups is 1. The van der Waals surface area contributed by atoms with Crippen molar-refractivity contribution in [3.63, 3.8) is 0 Å². The molecule has 3 heterocycles. The molecule has 0 unspecified atom stereocenters. The largest absolute Gasteiger partial charge is 0.495 e. The van der Waals surface area contributed by atoms with Crippen molar-refractivity contribution >= 4 is 34.8 Å². The van der Waals surface area contributed by atoms with E-state index >= 15 is 0 Å². The van der Waals surface area contributed by atoms with Gasteiger partial charge in [0, 0.05) is 30.6 Å². The molecule has 9 nitrogen and oxygen atoms in total. The number of nitrogens with zero attached hydrogens (tertiary/aromatic N) is 3. The van der Waals surface area contributed by atoms with Gasteiger partial charge in [-0.2, -0.15) is 9.97 Å². The van der Waals surface area contributed by atoms with E-state index in [1.165, 1.54) is 5.56 Å². The van der Waals surface area contributed by atoms with Gasteiger partial charge in [0.15, 0.2) is 0 Å². The van der Waals surface area contributed by atoms with Crippen LogP contribution < -0.4 is 20.1 Å². The number of H-pyrrole nitrogens is 1. The van der Waals surface area contributed by atoms with Crippen molar-refractivity contribution in [1.29, 1.82) is 0 Å². The summed E-state index contributed by atoms with van der Waals surface area (Å²) in [7, 11) is 3.16. The molecule has 0 spiro atoms. The van der Waals surface area contributed by atoms with Crippen molar-refractivity contribution < 1.29 is 14.3 Å². The molecule has 0 bridgehead atoms. The van der Waals surface area contributed by atoms with Crippen LogP contribution in [0.25, 0.3) is 22.2 Å². The SMILES string of the molecule is CNC(=O)c1ccc(Nc2nc(OC3CCCC3)c3c(-c4ccc5c(c4)CN=C5)c[nH]c3n2)c(OC)c1. The third-order valence-electron chi connectivity index (χ3n) is 6.96. The fraction of sp³-hybridized carbons (Fsp3) is 0.286. The Labute approximate surface area is 214 Å². The van der Waals surface area contributed by atoms with Gasteiger partial charge in [0.1, 0.15) is 17.5 Å². The monoisotopic (exact) mass is 496 g/mol. The Bertz CT molecular complexity index is 1520. The summed E-state index contributed by atoms with van der Waals surface area (Å²) in [6.45, 7) is 0.696. The van der Waals surface area contributed by atoms with Crippen LogP contribution in [0.5, 0.6) is 11.6 Å². The molecule has 1 fully saturated rings. The van der Waals surface area contributed by atoms with Crippen LogP contribution in [0.3, 0.4) is 0 Å². The minimum Gasteiger partial charge on any atom is -0.495 e. The molecule has 2 aromatic carbocycles. The number of ether oxygens (including phenoxy) is 2. The van der Waals surface area contributed by atoms with Crippen LogP contribution in [0.15, 0.2) is 47.6 Å². The van der Waals surface area contributed by atoms with Crippen LogP contribution in [0.1, 0.15) is 47.2 Å². The van der Waals surface area contributed by atoms with Crippen molar-refractivity contribution in [2.75, 3.05) is 19.5 Å². The van der Waals surface area contributed by atoms with Gasteiger partial charge in [-0.15, -0.1) is 0 Å². The molecule has 1 aliphatic carbocycles. The molecule has 0 saturated heterocycles. The van der Waals surface area contributed by atoms with E-state index in [1.807, 2.05) is 12.4 Å². The molecule has 188 valence electrons. The molecule has 3 N–H and O–H groups in total. The Hall–Kier alpha value is -4.40. The highest BCUT2D eigenvalue weighted by Crippen LogP contribution is 2.38. The predicted octanol–water partition coefficient (Wildman–Crippen LogP) is 4.99. The second-order valence-electron chi connectivity index (χ2n) is 9.31. The first-order valence-electron chi connectivity index (χ1n) is 12.5. The highest BCUT2D eigenvalue weighted by atomic mass is 16.5. The third kappa shape index (κ3) is 4.37. The third-order valence-corrected chi connectivity index (χ3v) is 6.96. The number of amides is 1. The normalized spacial score (nSPS) is 14.6. The van der Waals surface area contributed by atoms with E-state index in [9.17, 15) is 4.79 Å². The van der Waals surface area contributed by atoms with Crippen LogP contribution >= 0.6 is 0 Å². The Morgan fingerprint density at radius 3 is 2.78 bits per heavy atom. The molecule has 4 aromatic rings. The average molecular weight is 497 g/mol. The molecule has 37 heavy (non-hydrogen) atoms. The van der Waals surface area contributed by atoms with Crippen molar-refractivity contribution in [1.82, 2.24) is 20.3 Å². The number of hydrogen-bond acceptors (Lipinski definition) is 7. The van der Waals surface area contributed by atoms with Gasteiger partial charge in [-0.05, 0) is 66.6 Å². The number of aromatic nitrogens is 3. The van der Waals surface area contributed by atoms with Gasteiger partial charge in [0.05, 0.1) is 24.7 Å². The molecule has 6 rings (SSSR count). The second kappa shape index (κ2) is 9.57. The van der Waals surface area contributed by atoms with Gasteiger partial charge in [0.25, 0.3) is 5.91 Å². The first kappa shape index (κ1) is 23.0. The van der Waals surface area contributed by atoms with Crippen LogP contribution in [0, 0.1) is 0 Å². The molecule has 0 atom stereocenters. The van der Waals surface area contributed by atoms with E-state index in [-0.39, 0.29) is 12.0 Å². The van der Waals surface area contributed by atoms with E-state index < -0.39 is 0 Å². The zero-order valence-corrected chi connectivity index (χ0v) is 20.8. The maximum absolute atomic E-state index is 12.0. The number of carbonyl (C=O) groups excluding carboxylic acids is 1. The van der Waals surface area contributed by atoms with Crippen molar-refractivity contribution in [2.24, 2.45) is 4.99 Å². The summed E-state index contributed by atoms with van der Waals surface area (Å²) in [5, 5.41) is 6.74. The summed E-state index contributed by atoms with van der Waals surface area (Å²) < 4.78 is 12.0. The van der Waals surface area contributed by atoms with Crippen LogP contribution in [-0.2, 0) is 6.54 Å². The lowest BCUT2D eigenvalue weighted by atomic mass is 10.0. The molecule has 1 saturated carbocycles. The van der Waals surface area contributed by atoms with Gasteiger partial charge in [0.2, 0.25) is 11.8 Å². The molecule has 0 radical (unpaired) electrons. The first-order valence-corrected chi connectivity index (χ1v) is 12.5. The molecule has 1 aliphatic heterocycles. The van der Waals surface area contributed by atoms with Crippen molar-refractivity contribution in [2.45, 2.75) is 38.3 Å². The van der Waals surface area contributed by atoms with E-state index in [0.717, 1.165) is 47.8 Å². The molecule has 1 amide bonds. The summed E-state index contributed by atoms with van der Waals surface area (Å²) in [5.41, 5.74) is 6.26. The first-order chi connectivity index (χ1) is 18.1. The van der Waals surface area contributed by atoms with Crippen LogP contribution in [0.4, 0.5) is 11.6 Å². The lowest BCUT2D eigenvalue weighted by molar-refractivity contribution is 0.0962. The number of benzene rings is 2. The maximum atomic E-state index is 12.0. The zero-order chi connectivity index (χ0) is 25.4. The summed E-state index contributed by atoms with van der Waals surface area (Å²) >= 11 is 0. The van der Waals surface area contributed by atoms with Gasteiger partial charge in [-0.1, -0.05) is 12.1 Å². The summed E-state index contributed by atoms with van der Waals surface area (Å²) in [6, 6.07) is 11.6. The quantitative estimate of drug-likeness (QED) is 0.332. The predicted molar refractivity (Wildman–Crippen MR) is 143 cm³/mol. The Morgan fingerprint density at radius 2 is 1.97 bits per heavy atom. The molecular weight excluding hydrogens is 468 g/mol. The van der Waals surface area contributed by atoms with Crippen molar-refractivity contribution in [3.8, 4) is 22.8 Å². The van der Waals surface area contributed by atoms with E-state index in [0.29, 0.717) is 41.0 Å². The van der Waals surface area contributed by atoms with Gasteiger partial charge < -0.3 is 25.1 Å². The number of methoxy groups -OCH3 is 1. The fourth-order valence-electron chi connectivity index (χ4n) is 5.01. The Balaban J connectivity index is 1.40. The van der Waals surface area contributed by atoms with Gasteiger partial charge in [-0.3, -0.25) is 9.79 Å². The van der Waals surface area contributed by atoms with Crippen LogP contribution in [0.2, 0.25) is 0 Å². The lowest BCUT2D eigenvalue weighted by Crippen LogP contribution is -2.17. The second-order valence-corrected chi connectivity index (χ2v) is 9.31. The zero-order valence-electron chi connectivity index (χ0n) is 20.8. The molecular formula is C28H28N6O3. The number of hydrogen-bond donors (Lipinski definition) is 3. The lowest BCUT2D eigenvalue weighted by Gasteiger charge is -2.16. The highest BCUT2D eigenvalue weighted by molar-refractivity contribution is 5.99. The molecule has 2 aliphatic rings. The van der Waals surface area contributed by atoms with E-state index in [1.54, 1.807) is 32.4 Å². The summed E-state index contributed by atoms with van der Waals surface area (Å²) in [5.74, 6) is 1.25. The average Bonchev–Trinajstić information content (AvgIpc) is 3.69. The Kier molecular flexibility index (Phi) is 5.96. The van der Waals surface area contributed by atoms with Crippen LogP contribution in [-0.4, -0.2) is 47.3 Å². The standard InChI is InChI=1S/C28H28N6O3/c1-29-26(35)17-9-10-22(23(12-17)36-2)32-28-33-25-24(27(34-28)37-20-5-3-4-6-20)21(15-31-25)16-7-8-18-13-30-14-19(18)11-16/h7-13,15,20H,3-6,14H2,1-2H3,(H,29,35)(H2,31,32,33,34). The summed E-state index contributed by atoms with van der Waals surface area (Å²) in [6.07, 6.45) is 8.34. The van der Waals surface area contributed by atoms with E-state index in [2.05, 4.69) is 38.8 Å². The van der Waals surface area contributed by atoms with E-state index in [4.69, 9.17) is 19.4 Å². The smallest absolute Gasteiger partial charge is 0.251 e. The number of carbonyl (C=O) groups is 1. The fourth-order valence-corrected chi connectivity index (χ4v) is 5.01. The molecule has 9 heteroatoms. The van der Waals surface area contributed by atoms with Gasteiger partial charge in [-0.25, -0.2) is 0 Å². The number of nitrogens with one attached hydrogen (secondary N) is 3. The number of rotatable bonds is 7. The topological polar surface area (TPSA) is 114 Å². The van der Waals surface area contributed by atoms with Crippen molar-refractivity contribution in [3.05, 3.63) is 59.3 Å². The highest BCUT2D eigenvalue weighted by Gasteiger charge is 2.23. The minimum absolute atomic E-state index is 0.128. The van der Waals surface area contributed by atoms with Gasteiger partial charge >= 0.3 is 0 Å². The number of aromatic amines is 1.